The topological polar surface area (TPSA) is 237 Å². The Bertz CT molecular complexity index is 1720. The summed E-state index contributed by atoms with van der Waals surface area (Å²) in [6.07, 6.45) is 45.7. The van der Waals surface area contributed by atoms with Crippen molar-refractivity contribution in [3.05, 3.63) is 0 Å². The first-order valence-corrected chi connectivity index (χ1v) is 39.0. The molecular formula is C69H134O17P2. The zero-order valence-electron chi connectivity index (χ0n) is 57.0. The molecule has 0 aromatic carbocycles. The van der Waals surface area contributed by atoms with Crippen LogP contribution in [-0.2, 0) is 65.4 Å². The fourth-order valence-corrected chi connectivity index (χ4v) is 12.0. The van der Waals surface area contributed by atoms with Crippen molar-refractivity contribution in [3.63, 3.8) is 0 Å². The number of ether oxygens (including phenoxy) is 4. The summed E-state index contributed by atoms with van der Waals surface area (Å²) in [4.78, 5) is 72.5. The van der Waals surface area contributed by atoms with Gasteiger partial charge in [-0.15, -0.1) is 0 Å². The van der Waals surface area contributed by atoms with E-state index in [0.29, 0.717) is 25.7 Å². The Morgan fingerprint density at radius 3 is 0.773 bits per heavy atom. The second-order valence-electron chi connectivity index (χ2n) is 25.9. The predicted molar refractivity (Wildman–Crippen MR) is 354 cm³/mol. The van der Waals surface area contributed by atoms with Gasteiger partial charge in [0.15, 0.2) is 12.2 Å². The van der Waals surface area contributed by atoms with E-state index in [4.69, 9.17) is 37.0 Å². The number of hydrogen-bond acceptors (Lipinski definition) is 15. The van der Waals surface area contributed by atoms with Crippen LogP contribution in [0.4, 0.5) is 0 Å². The molecular weight excluding hydrogens is 1160 g/mol. The summed E-state index contributed by atoms with van der Waals surface area (Å²) in [6, 6.07) is 0. The average molecular weight is 1300 g/mol. The summed E-state index contributed by atoms with van der Waals surface area (Å²) in [6.45, 7) is 9.49. The molecule has 3 N–H and O–H groups in total. The first kappa shape index (κ1) is 86.1. The van der Waals surface area contributed by atoms with Gasteiger partial charge in [-0.05, 0) is 37.5 Å². The Hall–Kier alpha value is -1.94. The molecule has 5 atom stereocenters. The molecule has 522 valence electrons. The van der Waals surface area contributed by atoms with E-state index in [1.807, 2.05) is 0 Å². The number of phosphoric ester groups is 2. The van der Waals surface area contributed by atoms with Crippen LogP contribution in [-0.4, -0.2) is 96.7 Å². The van der Waals surface area contributed by atoms with Gasteiger partial charge >= 0.3 is 39.5 Å². The third-order valence-electron chi connectivity index (χ3n) is 16.0. The number of phosphoric acid groups is 2. The van der Waals surface area contributed by atoms with Gasteiger partial charge in [0.2, 0.25) is 0 Å². The molecule has 88 heavy (non-hydrogen) atoms. The summed E-state index contributed by atoms with van der Waals surface area (Å²) in [5, 5.41) is 10.6. The van der Waals surface area contributed by atoms with Crippen LogP contribution in [0.3, 0.4) is 0 Å². The second kappa shape index (κ2) is 61.3. The summed E-state index contributed by atoms with van der Waals surface area (Å²) >= 11 is 0. The molecule has 0 amide bonds. The average Bonchev–Trinajstić information content (AvgIpc) is 3.49. The molecule has 0 saturated carbocycles. The van der Waals surface area contributed by atoms with E-state index in [9.17, 15) is 43.2 Å². The first-order valence-electron chi connectivity index (χ1n) is 36.0. The number of carbonyl (C=O) groups is 4. The van der Waals surface area contributed by atoms with E-state index in [1.165, 1.54) is 167 Å². The maximum Gasteiger partial charge on any atom is 0.472 e. The van der Waals surface area contributed by atoms with Gasteiger partial charge in [-0.1, -0.05) is 298 Å². The number of aliphatic hydroxyl groups is 1. The van der Waals surface area contributed by atoms with Crippen LogP contribution < -0.4 is 0 Å². The Balaban J connectivity index is 5.25. The van der Waals surface area contributed by atoms with Crippen molar-refractivity contribution in [2.75, 3.05) is 39.6 Å². The van der Waals surface area contributed by atoms with E-state index in [1.54, 1.807) is 0 Å². The van der Waals surface area contributed by atoms with Crippen molar-refractivity contribution >= 4 is 39.5 Å². The fourth-order valence-electron chi connectivity index (χ4n) is 10.4. The molecule has 0 aliphatic heterocycles. The lowest BCUT2D eigenvalue weighted by atomic mass is 10.0. The highest BCUT2D eigenvalue weighted by Gasteiger charge is 2.30. The molecule has 0 aliphatic rings. The third-order valence-corrected chi connectivity index (χ3v) is 17.9. The maximum atomic E-state index is 13.0. The summed E-state index contributed by atoms with van der Waals surface area (Å²) < 4.78 is 68.2. The monoisotopic (exact) mass is 1300 g/mol. The van der Waals surface area contributed by atoms with E-state index in [0.717, 1.165) is 102 Å². The van der Waals surface area contributed by atoms with Crippen molar-refractivity contribution < 1.29 is 80.2 Å². The molecule has 0 aromatic heterocycles. The molecule has 0 aromatic rings. The number of aliphatic hydroxyl groups excluding tert-OH is 1. The van der Waals surface area contributed by atoms with Crippen molar-refractivity contribution in [2.24, 2.45) is 11.8 Å². The molecule has 0 aliphatic carbocycles. The second-order valence-corrected chi connectivity index (χ2v) is 28.8. The molecule has 17 nitrogen and oxygen atoms in total. The number of esters is 4. The van der Waals surface area contributed by atoms with Crippen LogP contribution >= 0.6 is 15.6 Å². The lowest BCUT2D eigenvalue weighted by molar-refractivity contribution is -0.161. The summed E-state index contributed by atoms with van der Waals surface area (Å²) in [5.41, 5.74) is 0. The molecule has 0 spiro atoms. The summed E-state index contributed by atoms with van der Waals surface area (Å²) in [7, 11) is -9.90. The highest BCUT2D eigenvalue weighted by molar-refractivity contribution is 7.47. The zero-order chi connectivity index (χ0) is 65.0. The highest BCUT2D eigenvalue weighted by Crippen LogP contribution is 2.45. The molecule has 0 fully saturated rings. The van der Waals surface area contributed by atoms with Crippen molar-refractivity contribution in [1.82, 2.24) is 0 Å². The quantitative estimate of drug-likeness (QED) is 0.0222. The minimum absolute atomic E-state index is 0.105. The molecule has 0 rings (SSSR count). The molecule has 2 unspecified atom stereocenters. The lowest BCUT2D eigenvalue weighted by Crippen LogP contribution is -2.30. The van der Waals surface area contributed by atoms with Gasteiger partial charge in [-0.25, -0.2) is 9.13 Å². The molecule has 19 heteroatoms. The number of rotatable bonds is 68. The van der Waals surface area contributed by atoms with Gasteiger partial charge in [0.25, 0.3) is 0 Å². The lowest BCUT2D eigenvalue weighted by Gasteiger charge is -2.21. The van der Waals surface area contributed by atoms with E-state index in [-0.39, 0.29) is 25.7 Å². The SMILES string of the molecule is CCCCCCCCCCCCCCCCC(=O)O[C@H](COC(=O)CCCCCCCCCCCC(C)C)COP(=O)(O)OC[C@@H](O)COP(=O)(O)OC[C@@H](COC(=O)CCCCCCCCCCCC)OC(=O)CCCCCCCCCCCC(C)C. The molecule has 0 saturated heterocycles. The van der Waals surface area contributed by atoms with Crippen molar-refractivity contribution in [1.29, 1.82) is 0 Å². The molecule has 0 heterocycles. The standard InChI is InChI=1S/C69H134O17P2/c1-7-9-11-13-15-17-19-20-21-22-28-35-41-47-53-68(73)85-64(58-80-67(72)52-46-40-34-29-23-25-31-37-43-49-61(3)4)59-83-87(75,76)81-55-63(70)56-82-88(77,78)84-60-65(57-79-66(71)51-45-39-33-27-18-16-14-12-10-8-2)86-69(74)54-48-42-36-30-24-26-32-38-44-50-62(5)6/h61-65,70H,7-60H2,1-6H3,(H,75,76)(H,77,78)/t63-,64-,65-/m1/s1. The van der Waals surface area contributed by atoms with Gasteiger partial charge in [0.1, 0.15) is 19.3 Å². The van der Waals surface area contributed by atoms with E-state index >= 15 is 0 Å². The minimum atomic E-state index is -4.95. The van der Waals surface area contributed by atoms with Crippen molar-refractivity contribution in [2.45, 2.75) is 368 Å². The van der Waals surface area contributed by atoms with Crippen LogP contribution in [0.5, 0.6) is 0 Å². The normalized spacial score (nSPS) is 14.2. The van der Waals surface area contributed by atoms with Crippen LogP contribution in [0.25, 0.3) is 0 Å². The van der Waals surface area contributed by atoms with E-state index in [2.05, 4.69) is 41.5 Å². The van der Waals surface area contributed by atoms with E-state index < -0.39 is 97.5 Å². The Labute approximate surface area is 537 Å². The molecule has 0 radical (unpaired) electrons. The number of carbonyl (C=O) groups excluding carboxylic acids is 4. The largest absolute Gasteiger partial charge is 0.472 e. The first-order chi connectivity index (χ1) is 42.4. The van der Waals surface area contributed by atoms with Crippen LogP contribution in [0, 0.1) is 11.8 Å². The van der Waals surface area contributed by atoms with Gasteiger partial charge in [0, 0.05) is 25.7 Å². The minimum Gasteiger partial charge on any atom is -0.462 e. The Morgan fingerprint density at radius 1 is 0.307 bits per heavy atom. The smallest absolute Gasteiger partial charge is 0.462 e. The fraction of sp³-hybridized carbons (Fsp3) is 0.942. The number of unbranched alkanes of at least 4 members (excludes halogenated alkanes) is 38. The van der Waals surface area contributed by atoms with Gasteiger partial charge in [-0.2, -0.15) is 0 Å². The Kier molecular flexibility index (Phi) is 59.9. The number of hydrogen-bond donors (Lipinski definition) is 3. The van der Waals surface area contributed by atoms with Crippen LogP contribution in [0.15, 0.2) is 0 Å². The van der Waals surface area contributed by atoms with Crippen LogP contribution in [0.1, 0.15) is 350 Å². The Morgan fingerprint density at radius 2 is 0.523 bits per heavy atom. The molecule has 0 bridgehead atoms. The zero-order valence-corrected chi connectivity index (χ0v) is 58.8. The maximum absolute atomic E-state index is 13.0. The van der Waals surface area contributed by atoms with Gasteiger partial charge in [0.05, 0.1) is 26.4 Å². The third kappa shape index (κ3) is 62.8. The van der Waals surface area contributed by atoms with Gasteiger partial charge < -0.3 is 33.8 Å². The van der Waals surface area contributed by atoms with Crippen LogP contribution in [0.2, 0.25) is 0 Å². The van der Waals surface area contributed by atoms with Gasteiger partial charge in [-0.3, -0.25) is 37.3 Å². The predicted octanol–water partition coefficient (Wildman–Crippen LogP) is 19.6. The van der Waals surface area contributed by atoms with Crippen molar-refractivity contribution in [3.8, 4) is 0 Å². The highest BCUT2D eigenvalue weighted by atomic mass is 31.2. The summed E-state index contributed by atoms with van der Waals surface area (Å²) in [5.74, 6) is -0.645.